The van der Waals surface area contributed by atoms with Gasteiger partial charge in [-0.2, -0.15) is 0 Å². The third-order valence-electron chi connectivity index (χ3n) is 11.8. The molecule has 2 heterocycles. The Hall–Kier alpha value is -6.06. The molecule has 0 radical (unpaired) electrons. The molecule has 2 aromatic heterocycles. The third-order valence-corrected chi connectivity index (χ3v) is 14.1. The molecule has 12 rings (SSSR count). The van der Waals surface area contributed by atoms with E-state index in [1.165, 1.54) is 106 Å². The molecule has 10 aromatic rings. The first-order valence-corrected chi connectivity index (χ1v) is 20.4. The van der Waals surface area contributed by atoms with Crippen molar-refractivity contribution in [2.24, 2.45) is 5.92 Å². The van der Waals surface area contributed by atoms with Gasteiger partial charge in [-0.25, -0.2) is 0 Å². The fourth-order valence-corrected chi connectivity index (χ4v) is 11.8. The highest BCUT2D eigenvalue weighted by Crippen LogP contribution is 2.50. The van der Waals surface area contributed by atoms with E-state index in [0.29, 0.717) is 11.8 Å². The first-order chi connectivity index (χ1) is 26.8. The lowest BCUT2D eigenvalue weighted by atomic mass is 9.78. The highest BCUT2D eigenvalue weighted by molar-refractivity contribution is 7.26. The molecule has 2 unspecified atom stereocenters. The Balaban J connectivity index is 1.06. The predicted molar refractivity (Wildman–Crippen MR) is 237 cm³/mol. The maximum absolute atomic E-state index is 2.50. The minimum absolute atomic E-state index is 0.412. The Bertz CT molecular complexity index is 3220. The second-order valence-electron chi connectivity index (χ2n) is 14.7. The van der Waals surface area contributed by atoms with E-state index in [4.69, 9.17) is 0 Å². The van der Waals surface area contributed by atoms with E-state index in [1.807, 2.05) is 22.7 Å². The first-order valence-electron chi connectivity index (χ1n) is 18.8. The minimum atomic E-state index is 0.412. The van der Waals surface area contributed by atoms with Crippen LogP contribution in [0.1, 0.15) is 16.4 Å². The molecular formula is C52H32S2. The fraction of sp³-hybridized carbons (Fsp3) is 0.0385. The summed E-state index contributed by atoms with van der Waals surface area (Å²) in [5.41, 5.74) is 9.14. The van der Waals surface area contributed by atoms with E-state index in [0.717, 1.165) is 0 Å². The number of thiophene rings is 2. The van der Waals surface area contributed by atoms with Crippen LogP contribution < -0.4 is 0 Å². The molecule has 252 valence electrons. The molecule has 0 N–H and O–H groups in total. The molecule has 2 atom stereocenters. The van der Waals surface area contributed by atoms with Gasteiger partial charge in [-0.15, -0.1) is 22.7 Å². The highest BCUT2D eigenvalue weighted by Gasteiger charge is 2.28. The SMILES string of the molecule is C1=CC2C=Cc3sc4cc5sc6ccc(-c7ccc(-c8c9ccccc9c(-c9ccccc9)c9ccccc89)c8ccccc78)cc6c5cc4c3C2C=C1. The monoisotopic (exact) mass is 720 g/mol. The zero-order valence-electron chi connectivity index (χ0n) is 29.3. The van der Waals surface area contributed by atoms with E-state index in [9.17, 15) is 0 Å². The molecule has 2 heteroatoms. The number of allylic oxidation sites excluding steroid dienone is 5. The van der Waals surface area contributed by atoms with E-state index in [1.54, 1.807) is 0 Å². The van der Waals surface area contributed by atoms with Crippen molar-refractivity contribution < 1.29 is 0 Å². The minimum Gasteiger partial charge on any atom is -0.135 e. The molecule has 0 nitrogen and oxygen atoms in total. The van der Waals surface area contributed by atoms with E-state index in [-0.39, 0.29) is 0 Å². The van der Waals surface area contributed by atoms with Crippen LogP contribution in [0.25, 0.3) is 102 Å². The summed E-state index contributed by atoms with van der Waals surface area (Å²) in [6.45, 7) is 0. The molecule has 0 fully saturated rings. The Kier molecular flexibility index (Phi) is 6.60. The zero-order chi connectivity index (χ0) is 35.3. The predicted octanol–water partition coefficient (Wildman–Crippen LogP) is 15.6. The summed E-state index contributed by atoms with van der Waals surface area (Å²) < 4.78 is 4.10. The van der Waals surface area contributed by atoms with Crippen molar-refractivity contribution in [2.45, 2.75) is 5.92 Å². The first kappa shape index (κ1) is 30.4. The van der Waals surface area contributed by atoms with Crippen molar-refractivity contribution in [1.29, 1.82) is 0 Å². The summed E-state index contributed by atoms with van der Waals surface area (Å²) in [5, 5.41) is 11.8. The van der Waals surface area contributed by atoms with Gasteiger partial charge in [0.15, 0.2) is 0 Å². The zero-order valence-corrected chi connectivity index (χ0v) is 30.9. The van der Waals surface area contributed by atoms with Crippen LogP contribution >= 0.6 is 22.7 Å². The van der Waals surface area contributed by atoms with Gasteiger partial charge in [0, 0.05) is 41.6 Å². The Morgan fingerprint density at radius 2 is 0.981 bits per heavy atom. The summed E-state index contributed by atoms with van der Waals surface area (Å²) in [7, 11) is 0. The van der Waals surface area contributed by atoms with Gasteiger partial charge >= 0.3 is 0 Å². The molecule has 0 saturated carbocycles. The highest BCUT2D eigenvalue weighted by atomic mass is 32.1. The fourth-order valence-electron chi connectivity index (χ4n) is 9.44. The van der Waals surface area contributed by atoms with Crippen molar-refractivity contribution in [2.75, 3.05) is 0 Å². The van der Waals surface area contributed by atoms with E-state index < -0.39 is 0 Å². The average Bonchev–Trinajstić information content (AvgIpc) is 3.79. The molecule has 2 aliphatic rings. The van der Waals surface area contributed by atoms with Gasteiger partial charge in [-0.05, 0) is 107 Å². The van der Waals surface area contributed by atoms with Gasteiger partial charge in [0.25, 0.3) is 0 Å². The maximum Gasteiger partial charge on any atom is 0.0369 e. The van der Waals surface area contributed by atoms with Crippen LogP contribution in [-0.2, 0) is 0 Å². The van der Waals surface area contributed by atoms with Crippen molar-refractivity contribution in [3.8, 4) is 33.4 Å². The van der Waals surface area contributed by atoms with Gasteiger partial charge in [0.1, 0.15) is 0 Å². The van der Waals surface area contributed by atoms with Gasteiger partial charge in [0.2, 0.25) is 0 Å². The maximum atomic E-state index is 2.50. The van der Waals surface area contributed by atoms with Crippen LogP contribution in [0.3, 0.4) is 0 Å². The Labute approximate surface area is 321 Å². The molecule has 0 saturated heterocycles. The van der Waals surface area contributed by atoms with Gasteiger partial charge in [0.05, 0.1) is 0 Å². The molecule has 2 aliphatic carbocycles. The van der Waals surface area contributed by atoms with Gasteiger partial charge < -0.3 is 0 Å². The molecule has 0 bridgehead atoms. The van der Waals surface area contributed by atoms with Crippen molar-refractivity contribution >= 4 is 91.3 Å². The molecule has 8 aromatic carbocycles. The van der Waals surface area contributed by atoms with Crippen LogP contribution in [0.4, 0.5) is 0 Å². The van der Waals surface area contributed by atoms with Crippen LogP contribution in [0, 0.1) is 5.92 Å². The number of hydrogen-bond acceptors (Lipinski definition) is 2. The van der Waals surface area contributed by atoms with E-state index in [2.05, 4.69) is 182 Å². The molecule has 0 amide bonds. The average molecular weight is 721 g/mol. The largest absolute Gasteiger partial charge is 0.135 e. The number of fused-ring (bicyclic) bond motifs is 11. The standard InChI is InChI=1S/C52H32S2/c1-2-13-32(14-3-1)50-38-18-8-10-20-40(38)51(41-21-11-9-19-39(41)50)42-25-24-34(36-16-6-7-17-37(36)42)33-23-26-46-43(28-33)44-29-45-49(30-48(44)53-46)54-47-27-22-31-12-4-5-15-35(31)52(45)47/h1-31,35H. The summed E-state index contributed by atoms with van der Waals surface area (Å²) in [6.07, 6.45) is 13.9. The second-order valence-corrected chi connectivity index (χ2v) is 16.9. The van der Waals surface area contributed by atoms with E-state index >= 15 is 0 Å². The Morgan fingerprint density at radius 1 is 0.370 bits per heavy atom. The second kappa shape index (κ2) is 11.7. The summed E-state index contributed by atoms with van der Waals surface area (Å²) in [5.74, 6) is 0.853. The smallest absolute Gasteiger partial charge is 0.0369 e. The quantitative estimate of drug-likeness (QED) is 0.159. The Morgan fingerprint density at radius 3 is 1.74 bits per heavy atom. The lowest BCUT2D eigenvalue weighted by molar-refractivity contribution is 0.700. The van der Waals surface area contributed by atoms with Crippen molar-refractivity contribution in [1.82, 2.24) is 0 Å². The van der Waals surface area contributed by atoms with Crippen LogP contribution in [0.15, 0.2) is 176 Å². The van der Waals surface area contributed by atoms with Crippen LogP contribution in [-0.4, -0.2) is 0 Å². The molecule has 54 heavy (non-hydrogen) atoms. The summed E-state index contributed by atoms with van der Waals surface area (Å²) >= 11 is 3.86. The third kappa shape index (κ3) is 4.42. The summed E-state index contributed by atoms with van der Waals surface area (Å²) in [4.78, 5) is 1.41. The lowest BCUT2D eigenvalue weighted by Crippen LogP contribution is -2.11. The molecular weight excluding hydrogens is 689 g/mol. The van der Waals surface area contributed by atoms with Crippen molar-refractivity contribution in [3.63, 3.8) is 0 Å². The number of hydrogen-bond donors (Lipinski definition) is 0. The van der Waals surface area contributed by atoms with Crippen LogP contribution in [0.5, 0.6) is 0 Å². The topological polar surface area (TPSA) is 0 Å². The molecule has 0 spiro atoms. The normalized spacial score (nSPS) is 16.3. The van der Waals surface area contributed by atoms with Crippen molar-refractivity contribution in [3.05, 3.63) is 186 Å². The van der Waals surface area contributed by atoms with Gasteiger partial charge in [-0.3, -0.25) is 0 Å². The number of benzene rings is 8. The lowest BCUT2D eigenvalue weighted by Gasteiger charge is -2.25. The van der Waals surface area contributed by atoms with Gasteiger partial charge in [-0.1, -0.05) is 152 Å². The van der Waals surface area contributed by atoms with Crippen LogP contribution in [0.2, 0.25) is 0 Å². The molecule has 0 aliphatic heterocycles. The summed E-state index contributed by atoms with van der Waals surface area (Å²) in [6, 6.07) is 54.6. The number of rotatable bonds is 3.